The van der Waals surface area contributed by atoms with Crippen LogP contribution in [0.5, 0.6) is 0 Å². The average Bonchev–Trinajstić information content (AvgIpc) is 2.70. The fourth-order valence-electron chi connectivity index (χ4n) is 4.21. The predicted octanol–water partition coefficient (Wildman–Crippen LogP) is 5.32. The highest BCUT2D eigenvalue weighted by Gasteiger charge is 2.61. The van der Waals surface area contributed by atoms with Crippen LogP contribution in [0.15, 0.2) is 22.7 Å². The van der Waals surface area contributed by atoms with Gasteiger partial charge in [0.05, 0.1) is 12.7 Å². The molecule has 2 saturated carbocycles. The Morgan fingerprint density at radius 1 is 1.35 bits per heavy atom. The lowest BCUT2D eigenvalue weighted by Gasteiger charge is -2.39. The Morgan fingerprint density at radius 2 is 2.10 bits per heavy atom. The molecule has 2 aliphatic carbocycles. The zero-order chi connectivity index (χ0) is 14.5. The van der Waals surface area contributed by atoms with Gasteiger partial charge in [0.25, 0.3) is 0 Å². The van der Waals surface area contributed by atoms with Crippen LogP contribution in [-0.2, 0) is 11.3 Å². The van der Waals surface area contributed by atoms with Gasteiger partial charge in [-0.2, -0.15) is 0 Å². The van der Waals surface area contributed by atoms with Crippen LogP contribution in [-0.4, -0.2) is 6.10 Å². The number of rotatable bonds is 3. The summed E-state index contributed by atoms with van der Waals surface area (Å²) >= 11 is 3.28. The second kappa shape index (κ2) is 4.81. The summed E-state index contributed by atoms with van der Waals surface area (Å²) in [6.07, 6.45) is 3.94. The van der Waals surface area contributed by atoms with E-state index in [4.69, 9.17) is 4.74 Å². The van der Waals surface area contributed by atoms with Gasteiger partial charge in [-0.3, -0.25) is 0 Å². The topological polar surface area (TPSA) is 9.23 Å². The molecule has 1 nitrogen and oxygen atoms in total. The molecule has 0 amide bonds. The minimum absolute atomic E-state index is 0.188. The molecule has 3 unspecified atom stereocenters. The maximum atomic E-state index is 13.8. The molecule has 0 saturated heterocycles. The summed E-state index contributed by atoms with van der Waals surface area (Å²) in [6, 6.07) is 5.18. The maximum absolute atomic E-state index is 13.8. The van der Waals surface area contributed by atoms with E-state index >= 15 is 0 Å². The monoisotopic (exact) mass is 340 g/mol. The van der Waals surface area contributed by atoms with Gasteiger partial charge in [0.15, 0.2) is 0 Å². The Hall–Kier alpha value is -0.410. The van der Waals surface area contributed by atoms with Gasteiger partial charge in [-0.1, -0.05) is 42.8 Å². The lowest BCUT2D eigenvalue weighted by Crippen LogP contribution is -2.37. The van der Waals surface area contributed by atoms with E-state index in [-0.39, 0.29) is 17.3 Å². The highest BCUT2D eigenvalue weighted by atomic mass is 79.9. The van der Waals surface area contributed by atoms with Gasteiger partial charge >= 0.3 is 0 Å². The number of ether oxygens (including phenoxy) is 1. The van der Waals surface area contributed by atoms with Crippen molar-refractivity contribution >= 4 is 15.9 Å². The van der Waals surface area contributed by atoms with Crippen LogP contribution < -0.4 is 0 Å². The fraction of sp³-hybridized carbons (Fsp3) is 0.647. The van der Waals surface area contributed by atoms with Crippen molar-refractivity contribution in [3.05, 3.63) is 34.1 Å². The smallest absolute Gasteiger partial charge is 0.129 e. The molecule has 0 heterocycles. The molecule has 2 fully saturated rings. The molecule has 0 spiro atoms. The normalized spacial score (nSPS) is 34.6. The SMILES string of the molecule is CC1(C)C2CCC1(C)C(OCc1ccc(Br)cc1F)C2. The van der Waals surface area contributed by atoms with Crippen molar-refractivity contribution in [3.8, 4) is 0 Å². The molecule has 1 aromatic rings. The van der Waals surface area contributed by atoms with Crippen LogP contribution >= 0.6 is 15.9 Å². The van der Waals surface area contributed by atoms with Gasteiger partial charge in [-0.15, -0.1) is 0 Å². The molecule has 2 aliphatic rings. The number of fused-ring (bicyclic) bond motifs is 2. The van der Waals surface area contributed by atoms with Gasteiger partial charge in [0, 0.05) is 10.0 Å². The van der Waals surface area contributed by atoms with Crippen molar-refractivity contribution in [2.75, 3.05) is 0 Å². The number of hydrogen-bond donors (Lipinski definition) is 0. The van der Waals surface area contributed by atoms with Gasteiger partial charge in [0.2, 0.25) is 0 Å². The Labute approximate surface area is 129 Å². The van der Waals surface area contributed by atoms with Gasteiger partial charge in [-0.25, -0.2) is 4.39 Å². The van der Waals surface area contributed by atoms with Crippen molar-refractivity contribution in [1.82, 2.24) is 0 Å². The highest BCUT2D eigenvalue weighted by Crippen LogP contribution is 2.66. The van der Waals surface area contributed by atoms with Crippen molar-refractivity contribution in [1.29, 1.82) is 0 Å². The Bertz CT molecular complexity index is 528. The average molecular weight is 341 g/mol. The first kappa shape index (κ1) is 14.5. The van der Waals surface area contributed by atoms with E-state index in [0.29, 0.717) is 17.6 Å². The van der Waals surface area contributed by atoms with Crippen molar-refractivity contribution in [2.24, 2.45) is 16.7 Å². The van der Waals surface area contributed by atoms with Crippen molar-refractivity contribution in [2.45, 2.75) is 52.7 Å². The maximum Gasteiger partial charge on any atom is 0.129 e. The minimum Gasteiger partial charge on any atom is -0.373 e. The molecule has 110 valence electrons. The van der Waals surface area contributed by atoms with E-state index in [1.165, 1.54) is 18.9 Å². The van der Waals surface area contributed by atoms with Gasteiger partial charge < -0.3 is 4.74 Å². The molecule has 0 N–H and O–H groups in total. The van der Waals surface area contributed by atoms with Crippen LogP contribution in [0, 0.1) is 22.6 Å². The van der Waals surface area contributed by atoms with E-state index in [1.807, 2.05) is 6.07 Å². The molecule has 2 bridgehead atoms. The molecule has 20 heavy (non-hydrogen) atoms. The fourth-order valence-corrected chi connectivity index (χ4v) is 4.54. The standard InChI is InChI=1S/C17H22BrFO/c1-16(2)12-6-7-17(16,3)15(8-12)20-10-11-4-5-13(18)9-14(11)19/h4-5,9,12,15H,6-8,10H2,1-3H3. The third kappa shape index (κ3) is 2.05. The van der Waals surface area contributed by atoms with Crippen molar-refractivity contribution in [3.63, 3.8) is 0 Å². The molecule has 3 atom stereocenters. The van der Waals surface area contributed by atoms with E-state index in [2.05, 4.69) is 36.7 Å². The molecule has 0 aromatic heterocycles. The first-order chi connectivity index (χ1) is 9.34. The molecular weight excluding hydrogens is 319 g/mol. The summed E-state index contributed by atoms with van der Waals surface area (Å²) in [6.45, 7) is 7.47. The zero-order valence-corrected chi connectivity index (χ0v) is 14.0. The van der Waals surface area contributed by atoms with E-state index in [0.717, 1.165) is 16.8 Å². The Kier molecular flexibility index (Phi) is 3.49. The molecule has 3 heteroatoms. The largest absolute Gasteiger partial charge is 0.373 e. The predicted molar refractivity (Wildman–Crippen MR) is 81.9 cm³/mol. The van der Waals surface area contributed by atoms with E-state index in [1.54, 1.807) is 6.07 Å². The zero-order valence-electron chi connectivity index (χ0n) is 12.4. The third-order valence-corrected chi connectivity index (χ3v) is 6.66. The second-order valence-electron chi connectivity index (χ2n) is 7.15. The van der Waals surface area contributed by atoms with Crippen LogP contribution in [0.2, 0.25) is 0 Å². The summed E-state index contributed by atoms with van der Waals surface area (Å²) in [7, 11) is 0. The molecular formula is C17H22BrFO. The lowest BCUT2D eigenvalue weighted by atomic mass is 9.70. The third-order valence-electron chi connectivity index (χ3n) is 6.17. The van der Waals surface area contributed by atoms with Gasteiger partial charge in [-0.05, 0) is 48.1 Å². The van der Waals surface area contributed by atoms with Crippen LogP contribution in [0.25, 0.3) is 0 Å². The second-order valence-corrected chi connectivity index (χ2v) is 8.06. The summed E-state index contributed by atoms with van der Waals surface area (Å²) in [5.41, 5.74) is 1.23. The van der Waals surface area contributed by atoms with Crippen LogP contribution in [0.4, 0.5) is 4.39 Å². The Morgan fingerprint density at radius 3 is 2.65 bits per heavy atom. The first-order valence-electron chi connectivity index (χ1n) is 7.40. The molecule has 0 aliphatic heterocycles. The number of halogens is 2. The number of hydrogen-bond acceptors (Lipinski definition) is 1. The number of benzene rings is 1. The molecule has 1 aromatic carbocycles. The Balaban J connectivity index is 1.71. The first-order valence-corrected chi connectivity index (χ1v) is 8.19. The summed E-state index contributed by atoms with van der Waals surface area (Å²) in [4.78, 5) is 0. The quantitative estimate of drug-likeness (QED) is 0.723. The molecule has 3 rings (SSSR count). The summed E-state index contributed by atoms with van der Waals surface area (Å²) < 4.78 is 20.7. The van der Waals surface area contributed by atoms with Gasteiger partial charge in [0.1, 0.15) is 5.82 Å². The van der Waals surface area contributed by atoms with Crippen LogP contribution in [0.1, 0.15) is 45.6 Å². The summed E-state index contributed by atoms with van der Waals surface area (Å²) in [5, 5.41) is 0. The lowest BCUT2D eigenvalue weighted by molar-refractivity contribution is -0.0557. The minimum atomic E-state index is -0.188. The molecule has 0 radical (unpaired) electrons. The van der Waals surface area contributed by atoms with Crippen molar-refractivity contribution < 1.29 is 9.13 Å². The van der Waals surface area contributed by atoms with E-state index < -0.39 is 0 Å². The van der Waals surface area contributed by atoms with E-state index in [9.17, 15) is 4.39 Å². The summed E-state index contributed by atoms with van der Waals surface area (Å²) in [5.74, 6) is 0.569. The van der Waals surface area contributed by atoms with Crippen LogP contribution in [0.3, 0.4) is 0 Å². The highest BCUT2D eigenvalue weighted by molar-refractivity contribution is 9.10.